The van der Waals surface area contributed by atoms with Crippen molar-refractivity contribution in [1.29, 1.82) is 0 Å². The molecule has 1 atom stereocenters. The summed E-state index contributed by atoms with van der Waals surface area (Å²) in [5.41, 5.74) is 5.70. The van der Waals surface area contributed by atoms with Crippen LogP contribution in [0.2, 0.25) is 0 Å². The summed E-state index contributed by atoms with van der Waals surface area (Å²) in [6.07, 6.45) is 8.91. The molecule has 0 saturated heterocycles. The van der Waals surface area contributed by atoms with Crippen molar-refractivity contribution in [3.05, 3.63) is 54.4 Å². The van der Waals surface area contributed by atoms with Gasteiger partial charge in [0.1, 0.15) is 12.4 Å². The number of imidazole rings is 1. The Morgan fingerprint density at radius 3 is 2.96 bits per heavy atom. The zero-order valence-electron chi connectivity index (χ0n) is 14.5. The predicted octanol–water partition coefficient (Wildman–Crippen LogP) is 1.45. The van der Waals surface area contributed by atoms with Gasteiger partial charge in [-0.25, -0.2) is 9.13 Å². The van der Waals surface area contributed by atoms with Crippen molar-refractivity contribution >= 4 is 16.8 Å². The van der Waals surface area contributed by atoms with Crippen LogP contribution in [0.3, 0.4) is 0 Å². The number of hydrogen-bond acceptors (Lipinski definition) is 2. The van der Waals surface area contributed by atoms with Gasteiger partial charge in [-0.2, -0.15) is 0 Å². The number of fused-ring (bicyclic) bond motifs is 2. The number of pyridine rings is 2. The van der Waals surface area contributed by atoms with E-state index in [-0.39, 0.29) is 0 Å². The van der Waals surface area contributed by atoms with E-state index in [0.29, 0.717) is 6.04 Å². The number of nitrogens with zero attached hydrogens (tertiary/aromatic N) is 6. The van der Waals surface area contributed by atoms with Gasteiger partial charge in [-0.15, -0.1) is 4.98 Å². The Kier molecular flexibility index (Phi) is 3.33. The molecule has 0 aliphatic rings. The molecule has 122 valence electrons. The summed E-state index contributed by atoms with van der Waals surface area (Å²) in [5.74, 6) is 0. The fourth-order valence-corrected chi connectivity index (χ4v) is 3.34. The highest BCUT2D eigenvalue weighted by Gasteiger charge is 2.19. The second-order valence-electron chi connectivity index (χ2n) is 6.62. The first-order valence-electron chi connectivity index (χ1n) is 8.17. The van der Waals surface area contributed by atoms with E-state index in [9.17, 15) is 0 Å². The Morgan fingerprint density at radius 2 is 2.12 bits per heavy atom. The Balaban J connectivity index is 1.67. The van der Waals surface area contributed by atoms with Crippen LogP contribution in [0, 0.1) is 6.92 Å². The van der Waals surface area contributed by atoms with Gasteiger partial charge in [0.05, 0.1) is 20.1 Å². The lowest BCUT2D eigenvalue weighted by Gasteiger charge is -2.08. The predicted molar refractivity (Wildman–Crippen MR) is 90.4 cm³/mol. The highest BCUT2D eigenvalue weighted by Crippen LogP contribution is 2.14. The topological polar surface area (TPSA) is 42.9 Å². The van der Waals surface area contributed by atoms with Gasteiger partial charge >= 0.3 is 5.65 Å². The molecule has 0 saturated carbocycles. The highest BCUT2D eigenvalue weighted by atomic mass is 15.3. The Morgan fingerprint density at radius 1 is 1.29 bits per heavy atom. The van der Waals surface area contributed by atoms with Crippen LogP contribution in [0.15, 0.2) is 43.2 Å². The summed E-state index contributed by atoms with van der Waals surface area (Å²) in [5, 5.41) is 4.47. The molecule has 0 aliphatic heterocycles. The molecule has 1 unspecified atom stereocenters. The quantitative estimate of drug-likeness (QED) is 0.536. The molecule has 6 heteroatoms. The van der Waals surface area contributed by atoms with E-state index in [1.165, 1.54) is 11.1 Å². The van der Waals surface area contributed by atoms with Gasteiger partial charge in [-0.3, -0.25) is 4.57 Å². The summed E-state index contributed by atoms with van der Waals surface area (Å²) >= 11 is 0. The molecule has 0 spiro atoms. The van der Waals surface area contributed by atoms with Crippen LogP contribution in [0.25, 0.3) is 16.8 Å². The molecule has 0 aromatic carbocycles. The van der Waals surface area contributed by atoms with Crippen LogP contribution in [0.4, 0.5) is 0 Å². The van der Waals surface area contributed by atoms with Crippen LogP contribution in [-0.2, 0) is 20.5 Å². The Labute approximate surface area is 140 Å². The first-order chi connectivity index (χ1) is 11.5. The number of aryl methyl sites for hydroxylation is 3. The van der Waals surface area contributed by atoms with Crippen molar-refractivity contribution in [2.45, 2.75) is 26.3 Å². The lowest BCUT2D eigenvalue weighted by molar-refractivity contribution is -0.695. The minimum absolute atomic E-state index is 0.304. The van der Waals surface area contributed by atoms with Crippen molar-refractivity contribution in [3.63, 3.8) is 0 Å². The van der Waals surface area contributed by atoms with Crippen LogP contribution < -0.4 is 9.13 Å². The summed E-state index contributed by atoms with van der Waals surface area (Å²) in [7, 11) is 4.08. The van der Waals surface area contributed by atoms with Crippen molar-refractivity contribution in [2.75, 3.05) is 0 Å². The molecule has 0 amide bonds. The Bertz CT molecular complexity index is 1040. The standard InChI is InChI=1S/C18H22N6/c1-13-5-6-17-23(11-20-24(17)10-13)14(2)7-15-8-16-18(19-9-15)22(4)12-21(16)3/h5-6,8-12,14H,7H2,1-4H3/q+2. The molecule has 4 heterocycles. The molecule has 0 N–H and O–H groups in total. The third kappa shape index (κ3) is 2.35. The Hall–Kier alpha value is -2.76. The lowest BCUT2D eigenvalue weighted by atomic mass is 10.1. The van der Waals surface area contributed by atoms with Crippen LogP contribution in [-0.4, -0.2) is 19.2 Å². The average Bonchev–Trinajstić information content (AvgIpc) is 3.08. The lowest BCUT2D eigenvalue weighted by Crippen LogP contribution is -2.38. The summed E-state index contributed by atoms with van der Waals surface area (Å²) in [6.45, 7) is 4.30. The third-order valence-corrected chi connectivity index (χ3v) is 4.59. The van der Waals surface area contributed by atoms with E-state index in [1.807, 2.05) is 35.0 Å². The SMILES string of the molecule is Cc1ccc2n(c1)nc[n+]2C(C)Cc1cnc2c(c1)n(C)c[n+]2C. The molecule has 4 aromatic heterocycles. The van der Waals surface area contributed by atoms with Gasteiger partial charge in [0.15, 0.2) is 11.8 Å². The maximum atomic E-state index is 4.62. The van der Waals surface area contributed by atoms with Crippen molar-refractivity contribution in [2.24, 2.45) is 14.1 Å². The molecular weight excluding hydrogens is 300 g/mol. The minimum Gasteiger partial charge on any atom is -0.263 e. The van der Waals surface area contributed by atoms with E-state index < -0.39 is 0 Å². The van der Waals surface area contributed by atoms with Crippen LogP contribution in [0.1, 0.15) is 24.1 Å². The van der Waals surface area contributed by atoms with Gasteiger partial charge in [0.25, 0.3) is 12.0 Å². The maximum Gasteiger partial charge on any atom is 0.301 e. The van der Waals surface area contributed by atoms with Gasteiger partial charge in [0, 0.05) is 17.6 Å². The normalized spacial score (nSPS) is 13.0. The zero-order chi connectivity index (χ0) is 16.8. The highest BCUT2D eigenvalue weighted by molar-refractivity contribution is 5.67. The number of rotatable bonds is 3. The summed E-state index contributed by atoms with van der Waals surface area (Å²) < 4.78 is 8.31. The van der Waals surface area contributed by atoms with Crippen molar-refractivity contribution in [1.82, 2.24) is 19.2 Å². The van der Waals surface area contributed by atoms with Gasteiger partial charge in [-0.1, -0.05) is 4.52 Å². The molecular formula is C18H22N6+2. The maximum absolute atomic E-state index is 4.62. The van der Waals surface area contributed by atoms with E-state index in [4.69, 9.17) is 0 Å². The van der Waals surface area contributed by atoms with E-state index in [0.717, 1.165) is 23.2 Å². The molecule has 0 radical (unpaired) electrons. The molecule has 24 heavy (non-hydrogen) atoms. The zero-order valence-corrected chi connectivity index (χ0v) is 14.5. The largest absolute Gasteiger partial charge is 0.301 e. The average molecular weight is 322 g/mol. The molecule has 4 rings (SSSR count). The molecule has 4 aromatic rings. The number of hydrogen-bond donors (Lipinski definition) is 0. The third-order valence-electron chi connectivity index (χ3n) is 4.59. The monoisotopic (exact) mass is 322 g/mol. The summed E-state index contributed by atoms with van der Waals surface area (Å²) in [6, 6.07) is 6.78. The summed E-state index contributed by atoms with van der Waals surface area (Å²) in [4.78, 5) is 4.62. The fourth-order valence-electron chi connectivity index (χ4n) is 3.34. The van der Waals surface area contributed by atoms with E-state index >= 15 is 0 Å². The molecule has 0 bridgehead atoms. The minimum atomic E-state index is 0.304. The number of aromatic nitrogens is 6. The van der Waals surface area contributed by atoms with Gasteiger partial charge in [-0.05, 0) is 37.1 Å². The second kappa shape index (κ2) is 5.40. The molecule has 0 aliphatic carbocycles. The van der Waals surface area contributed by atoms with Crippen molar-refractivity contribution in [3.8, 4) is 0 Å². The van der Waals surface area contributed by atoms with Gasteiger partial charge in [0.2, 0.25) is 0 Å². The molecule has 6 nitrogen and oxygen atoms in total. The smallest absolute Gasteiger partial charge is 0.263 e. The first kappa shape index (κ1) is 14.8. The first-order valence-corrected chi connectivity index (χ1v) is 8.17. The van der Waals surface area contributed by atoms with Gasteiger partial charge < -0.3 is 0 Å². The van der Waals surface area contributed by atoms with Crippen LogP contribution in [0.5, 0.6) is 0 Å². The molecule has 0 fully saturated rings. The second-order valence-corrected chi connectivity index (χ2v) is 6.62. The van der Waals surface area contributed by atoms with E-state index in [2.05, 4.69) is 64.5 Å². The van der Waals surface area contributed by atoms with Crippen molar-refractivity contribution < 1.29 is 9.13 Å². The van der Waals surface area contributed by atoms with Crippen LogP contribution >= 0.6 is 0 Å². The van der Waals surface area contributed by atoms with E-state index in [1.54, 1.807) is 0 Å². The fraction of sp³-hybridized carbons (Fsp3) is 0.333.